The standard InChI is InChI=1S/C14H21NO2S/c1-12-5-7-14(8-6-12)18(16,17)11-13-4-3-9-15(2)10-13/h5-8,13H,3-4,9-11H2,1-2H3/t13-/m0/s1. The first kappa shape index (κ1) is 13.6. The van der Waals surface area contributed by atoms with E-state index < -0.39 is 9.84 Å². The number of likely N-dealkylation sites (tertiary alicyclic amines) is 1. The third-order valence-electron chi connectivity index (χ3n) is 3.56. The summed E-state index contributed by atoms with van der Waals surface area (Å²) in [5, 5.41) is 0. The van der Waals surface area contributed by atoms with E-state index in [2.05, 4.69) is 11.9 Å². The number of piperidine rings is 1. The maximum Gasteiger partial charge on any atom is 0.178 e. The molecule has 4 heteroatoms. The Morgan fingerprint density at radius 2 is 1.94 bits per heavy atom. The molecule has 3 nitrogen and oxygen atoms in total. The van der Waals surface area contributed by atoms with Crippen LogP contribution in [-0.4, -0.2) is 39.2 Å². The summed E-state index contributed by atoms with van der Waals surface area (Å²) in [6.45, 7) is 3.94. The second kappa shape index (κ2) is 5.41. The molecule has 0 aromatic heterocycles. The number of benzene rings is 1. The van der Waals surface area contributed by atoms with Gasteiger partial charge in [0.2, 0.25) is 0 Å². The van der Waals surface area contributed by atoms with Crippen molar-refractivity contribution in [2.45, 2.75) is 24.7 Å². The Kier molecular flexibility index (Phi) is 4.07. The topological polar surface area (TPSA) is 37.4 Å². The first-order valence-corrected chi connectivity index (χ1v) is 8.10. The van der Waals surface area contributed by atoms with Crippen LogP contribution in [0.15, 0.2) is 29.2 Å². The third kappa shape index (κ3) is 3.33. The molecule has 1 heterocycles. The number of sulfone groups is 1. The van der Waals surface area contributed by atoms with Gasteiger partial charge in [-0.1, -0.05) is 17.7 Å². The molecule has 0 saturated carbocycles. The predicted octanol–water partition coefficient (Wildman–Crippen LogP) is 2.11. The van der Waals surface area contributed by atoms with Crippen LogP contribution in [0, 0.1) is 12.8 Å². The molecule has 1 fully saturated rings. The van der Waals surface area contributed by atoms with E-state index in [1.54, 1.807) is 12.1 Å². The molecule has 1 atom stereocenters. The van der Waals surface area contributed by atoms with Crippen molar-refractivity contribution in [1.29, 1.82) is 0 Å². The van der Waals surface area contributed by atoms with Crippen molar-refractivity contribution in [3.8, 4) is 0 Å². The number of hydrogen-bond acceptors (Lipinski definition) is 3. The average Bonchev–Trinajstić information content (AvgIpc) is 2.29. The molecule has 1 saturated heterocycles. The van der Waals surface area contributed by atoms with E-state index in [1.807, 2.05) is 19.1 Å². The van der Waals surface area contributed by atoms with Crippen molar-refractivity contribution in [3.63, 3.8) is 0 Å². The molecule has 2 rings (SSSR count). The summed E-state index contributed by atoms with van der Waals surface area (Å²) in [4.78, 5) is 2.68. The van der Waals surface area contributed by atoms with Gasteiger partial charge in [-0.05, 0) is 51.4 Å². The summed E-state index contributed by atoms with van der Waals surface area (Å²) < 4.78 is 24.6. The SMILES string of the molecule is Cc1ccc(S(=O)(=O)C[C@H]2CCCN(C)C2)cc1. The van der Waals surface area contributed by atoms with Crippen LogP contribution >= 0.6 is 0 Å². The fraction of sp³-hybridized carbons (Fsp3) is 0.571. The highest BCUT2D eigenvalue weighted by Crippen LogP contribution is 2.21. The maximum atomic E-state index is 12.3. The van der Waals surface area contributed by atoms with Crippen LogP contribution in [0.4, 0.5) is 0 Å². The van der Waals surface area contributed by atoms with Gasteiger partial charge < -0.3 is 4.90 Å². The lowest BCUT2D eigenvalue weighted by Crippen LogP contribution is -2.35. The second-order valence-corrected chi connectivity index (χ2v) is 7.40. The third-order valence-corrected chi connectivity index (χ3v) is 5.46. The summed E-state index contributed by atoms with van der Waals surface area (Å²) in [7, 11) is -1.07. The average molecular weight is 267 g/mol. The zero-order chi connectivity index (χ0) is 13.2. The van der Waals surface area contributed by atoms with Gasteiger partial charge in [0.25, 0.3) is 0 Å². The fourth-order valence-electron chi connectivity index (χ4n) is 2.56. The van der Waals surface area contributed by atoms with Gasteiger partial charge in [-0.25, -0.2) is 8.42 Å². The first-order valence-electron chi connectivity index (χ1n) is 6.45. The van der Waals surface area contributed by atoms with Gasteiger partial charge >= 0.3 is 0 Å². The lowest BCUT2D eigenvalue weighted by Gasteiger charge is -2.29. The van der Waals surface area contributed by atoms with Crippen LogP contribution in [0.3, 0.4) is 0 Å². The first-order chi connectivity index (χ1) is 8.47. The van der Waals surface area contributed by atoms with Gasteiger partial charge in [0.15, 0.2) is 9.84 Å². The monoisotopic (exact) mass is 267 g/mol. The summed E-state index contributed by atoms with van der Waals surface area (Å²) in [6, 6.07) is 7.16. The molecule has 0 unspecified atom stereocenters. The summed E-state index contributed by atoms with van der Waals surface area (Å²) in [6.07, 6.45) is 2.13. The minimum absolute atomic E-state index is 0.273. The molecule has 0 N–H and O–H groups in total. The normalized spacial score (nSPS) is 22.0. The van der Waals surface area contributed by atoms with Crippen molar-refractivity contribution in [1.82, 2.24) is 4.90 Å². The lowest BCUT2D eigenvalue weighted by atomic mass is 10.0. The summed E-state index contributed by atoms with van der Waals surface area (Å²) in [5.74, 6) is 0.551. The van der Waals surface area contributed by atoms with E-state index in [0.717, 1.165) is 31.5 Å². The van der Waals surface area contributed by atoms with Crippen LogP contribution in [0.1, 0.15) is 18.4 Å². The number of hydrogen-bond donors (Lipinski definition) is 0. The van der Waals surface area contributed by atoms with Crippen LogP contribution < -0.4 is 0 Å². The minimum Gasteiger partial charge on any atom is -0.306 e. The molecule has 0 amide bonds. The minimum atomic E-state index is -3.13. The van der Waals surface area contributed by atoms with Crippen LogP contribution in [-0.2, 0) is 9.84 Å². The molecule has 1 aliphatic heterocycles. The molecule has 1 aromatic rings. The van der Waals surface area contributed by atoms with E-state index in [0.29, 0.717) is 4.90 Å². The Hall–Kier alpha value is -0.870. The van der Waals surface area contributed by atoms with Crippen LogP contribution in [0.25, 0.3) is 0 Å². The molecule has 0 aliphatic carbocycles. The van der Waals surface area contributed by atoms with Gasteiger partial charge in [-0.15, -0.1) is 0 Å². The molecule has 18 heavy (non-hydrogen) atoms. The zero-order valence-corrected chi connectivity index (χ0v) is 11.9. The van der Waals surface area contributed by atoms with Gasteiger partial charge in [0.1, 0.15) is 0 Å². The smallest absolute Gasteiger partial charge is 0.178 e. The highest BCUT2D eigenvalue weighted by Gasteiger charge is 2.24. The number of aryl methyl sites for hydroxylation is 1. The molecule has 0 bridgehead atoms. The lowest BCUT2D eigenvalue weighted by molar-refractivity contribution is 0.223. The summed E-state index contributed by atoms with van der Waals surface area (Å²) >= 11 is 0. The molecule has 100 valence electrons. The highest BCUT2D eigenvalue weighted by atomic mass is 32.2. The van der Waals surface area contributed by atoms with E-state index in [-0.39, 0.29) is 11.7 Å². The Morgan fingerprint density at radius 3 is 2.56 bits per heavy atom. The van der Waals surface area contributed by atoms with Crippen LogP contribution in [0.2, 0.25) is 0 Å². The van der Waals surface area contributed by atoms with Crippen LogP contribution in [0.5, 0.6) is 0 Å². The van der Waals surface area contributed by atoms with Crippen molar-refractivity contribution >= 4 is 9.84 Å². The Bertz CT molecular complexity index is 493. The Labute approximate surface area is 110 Å². The quantitative estimate of drug-likeness (QED) is 0.842. The molecule has 0 radical (unpaired) electrons. The van der Waals surface area contributed by atoms with Crippen molar-refractivity contribution in [2.24, 2.45) is 5.92 Å². The Balaban J connectivity index is 2.09. The van der Waals surface area contributed by atoms with Gasteiger partial charge in [0, 0.05) is 6.54 Å². The van der Waals surface area contributed by atoms with Gasteiger partial charge in [0.05, 0.1) is 10.6 Å². The maximum absolute atomic E-state index is 12.3. The molecule has 0 spiro atoms. The van der Waals surface area contributed by atoms with Gasteiger partial charge in [-0.2, -0.15) is 0 Å². The largest absolute Gasteiger partial charge is 0.306 e. The van der Waals surface area contributed by atoms with E-state index in [4.69, 9.17) is 0 Å². The van der Waals surface area contributed by atoms with E-state index in [9.17, 15) is 8.42 Å². The molecule has 1 aliphatic rings. The second-order valence-electron chi connectivity index (χ2n) is 5.36. The number of nitrogens with zero attached hydrogens (tertiary/aromatic N) is 1. The zero-order valence-electron chi connectivity index (χ0n) is 11.1. The summed E-state index contributed by atoms with van der Waals surface area (Å²) in [5.41, 5.74) is 1.09. The van der Waals surface area contributed by atoms with E-state index in [1.165, 1.54) is 0 Å². The molecular weight excluding hydrogens is 246 g/mol. The Morgan fingerprint density at radius 1 is 1.28 bits per heavy atom. The van der Waals surface area contributed by atoms with Gasteiger partial charge in [-0.3, -0.25) is 0 Å². The molecule has 1 aromatic carbocycles. The highest BCUT2D eigenvalue weighted by molar-refractivity contribution is 7.91. The van der Waals surface area contributed by atoms with Crippen molar-refractivity contribution < 1.29 is 8.42 Å². The number of rotatable bonds is 3. The van der Waals surface area contributed by atoms with Crippen molar-refractivity contribution in [2.75, 3.05) is 25.9 Å². The van der Waals surface area contributed by atoms with Crippen molar-refractivity contribution in [3.05, 3.63) is 29.8 Å². The fourth-order valence-corrected chi connectivity index (χ4v) is 4.20. The predicted molar refractivity (Wildman–Crippen MR) is 73.5 cm³/mol. The molecular formula is C14H21NO2S. The van der Waals surface area contributed by atoms with E-state index >= 15 is 0 Å².